The number of anilines is 1. The zero-order valence-electron chi connectivity index (χ0n) is 10.3. The van der Waals surface area contributed by atoms with Crippen LogP contribution in [-0.2, 0) is 4.74 Å². The Bertz CT molecular complexity index is 366. The third-order valence-electron chi connectivity index (χ3n) is 1.91. The van der Waals surface area contributed by atoms with Crippen molar-refractivity contribution in [2.75, 3.05) is 19.1 Å². The van der Waals surface area contributed by atoms with Gasteiger partial charge in [0.2, 0.25) is 0 Å². The van der Waals surface area contributed by atoms with Gasteiger partial charge in [0.1, 0.15) is 17.2 Å². The highest BCUT2D eigenvalue weighted by molar-refractivity contribution is 5.86. The van der Waals surface area contributed by atoms with Gasteiger partial charge in [-0.25, -0.2) is 4.79 Å². The Kier molecular flexibility index (Phi) is 3.47. The van der Waals surface area contributed by atoms with Crippen LogP contribution in [0.1, 0.15) is 20.8 Å². The molecule has 0 aliphatic rings. The van der Waals surface area contributed by atoms with Crippen LogP contribution in [0.25, 0.3) is 0 Å². The van der Waals surface area contributed by atoms with Crippen LogP contribution in [0, 0.1) is 0 Å². The average molecular weight is 226 g/mol. The summed E-state index contributed by atoms with van der Waals surface area (Å²) in [5.74, 6) is 1.30. The molecule has 1 aromatic heterocycles. The van der Waals surface area contributed by atoms with Crippen molar-refractivity contribution in [1.29, 1.82) is 0 Å². The smallest absolute Gasteiger partial charge is 0.415 e. The van der Waals surface area contributed by atoms with Crippen molar-refractivity contribution in [1.82, 2.24) is 4.98 Å². The van der Waals surface area contributed by atoms with E-state index in [0.29, 0.717) is 11.6 Å². The van der Waals surface area contributed by atoms with E-state index in [1.165, 1.54) is 4.90 Å². The maximum atomic E-state index is 11.7. The molecule has 0 aliphatic heterocycles. The molecule has 0 saturated heterocycles. The average Bonchev–Trinajstić information content (AvgIpc) is 2.61. The van der Waals surface area contributed by atoms with Crippen LogP contribution in [0.5, 0.6) is 5.75 Å². The molecule has 1 rings (SSSR count). The first-order chi connectivity index (χ1) is 7.33. The van der Waals surface area contributed by atoms with Crippen molar-refractivity contribution in [2.24, 2.45) is 0 Å². The first kappa shape index (κ1) is 12.4. The lowest BCUT2D eigenvalue weighted by atomic mass is 10.2. The SMILES string of the molecule is COc1c[nH]c(N(C)C(=O)OC(C)(C)C)c1. The van der Waals surface area contributed by atoms with Crippen LogP contribution >= 0.6 is 0 Å². The van der Waals surface area contributed by atoms with Gasteiger partial charge in [-0.3, -0.25) is 4.90 Å². The number of hydrogen-bond donors (Lipinski definition) is 1. The molecule has 0 aliphatic carbocycles. The molecule has 1 amide bonds. The van der Waals surface area contributed by atoms with Crippen LogP contribution in [0.2, 0.25) is 0 Å². The van der Waals surface area contributed by atoms with Crippen molar-refractivity contribution < 1.29 is 14.3 Å². The number of ether oxygens (including phenoxy) is 2. The van der Waals surface area contributed by atoms with Crippen LogP contribution in [0.15, 0.2) is 12.3 Å². The number of aromatic amines is 1. The van der Waals surface area contributed by atoms with Crippen LogP contribution in [0.4, 0.5) is 10.6 Å². The monoisotopic (exact) mass is 226 g/mol. The number of amides is 1. The van der Waals surface area contributed by atoms with Crippen molar-refractivity contribution in [2.45, 2.75) is 26.4 Å². The van der Waals surface area contributed by atoms with E-state index < -0.39 is 11.7 Å². The maximum Gasteiger partial charge on any atom is 0.415 e. The zero-order chi connectivity index (χ0) is 12.3. The summed E-state index contributed by atoms with van der Waals surface area (Å²) in [6, 6.07) is 1.73. The standard InChI is InChI=1S/C11H18N2O3/c1-11(2,3)16-10(14)13(4)9-6-8(15-5)7-12-9/h6-7,12H,1-5H3. The van der Waals surface area contributed by atoms with E-state index in [4.69, 9.17) is 9.47 Å². The molecule has 5 nitrogen and oxygen atoms in total. The molecular formula is C11H18N2O3. The van der Waals surface area contributed by atoms with Crippen molar-refractivity contribution >= 4 is 11.9 Å². The molecule has 0 spiro atoms. The van der Waals surface area contributed by atoms with Crippen LogP contribution < -0.4 is 9.64 Å². The number of carbonyl (C=O) groups is 1. The van der Waals surface area contributed by atoms with Crippen molar-refractivity contribution in [3.05, 3.63) is 12.3 Å². The summed E-state index contributed by atoms with van der Waals surface area (Å²) in [5.41, 5.74) is -0.498. The molecule has 1 heterocycles. The number of aromatic nitrogens is 1. The van der Waals surface area contributed by atoms with Crippen LogP contribution in [0.3, 0.4) is 0 Å². The molecular weight excluding hydrogens is 208 g/mol. The van der Waals surface area contributed by atoms with Gasteiger partial charge in [-0.05, 0) is 20.8 Å². The van der Waals surface area contributed by atoms with Gasteiger partial charge in [-0.2, -0.15) is 0 Å². The third kappa shape index (κ3) is 3.18. The third-order valence-corrected chi connectivity index (χ3v) is 1.91. The van der Waals surface area contributed by atoms with Gasteiger partial charge in [0, 0.05) is 19.3 Å². The van der Waals surface area contributed by atoms with Gasteiger partial charge >= 0.3 is 6.09 Å². The lowest BCUT2D eigenvalue weighted by Crippen LogP contribution is -2.34. The minimum absolute atomic E-state index is 0.406. The summed E-state index contributed by atoms with van der Waals surface area (Å²) in [7, 11) is 3.21. The zero-order valence-corrected chi connectivity index (χ0v) is 10.3. The Morgan fingerprint density at radius 1 is 1.44 bits per heavy atom. The molecule has 0 unspecified atom stereocenters. The van der Waals surface area contributed by atoms with Crippen molar-refractivity contribution in [3.8, 4) is 5.75 Å². The maximum absolute atomic E-state index is 11.7. The van der Waals surface area contributed by atoms with E-state index in [2.05, 4.69) is 4.98 Å². The highest BCUT2D eigenvalue weighted by atomic mass is 16.6. The molecule has 0 saturated carbocycles. The number of H-pyrrole nitrogens is 1. The number of nitrogens with one attached hydrogen (secondary N) is 1. The minimum Gasteiger partial charge on any atom is -0.495 e. The highest BCUT2D eigenvalue weighted by Crippen LogP contribution is 2.20. The molecule has 1 N–H and O–H groups in total. The topological polar surface area (TPSA) is 54.6 Å². The highest BCUT2D eigenvalue weighted by Gasteiger charge is 2.21. The molecule has 1 aromatic rings. The molecule has 0 fully saturated rings. The van der Waals surface area contributed by atoms with E-state index in [0.717, 1.165) is 0 Å². The Balaban J connectivity index is 2.70. The van der Waals surface area contributed by atoms with Gasteiger partial charge in [0.15, 0.2) is 0 Å². The number of methoxy groups -OCH3 is 1. The molecule has 16 heavy (non-hydrogen) atoms. The van der Waals surface area contributed by atoms with Gasteiger partial charge < -0.3 is 14.5 Å². The summed E-state index contributed by atoms with van der Waals surface area (Å²) >= 11 is 0. The number of nitrogens with zero attached hydrogens (tertiary/aromatic N) is 1. The molecule has 0 radical (unpaired) electrons. The molecule has 0 aromatic carbocycles. The predicted octanol–water partition coefficient (Wildman–Crippen LogP) is 2.39. The second kappa shape index (κ2) is 4.47. The Labute approximate surface area is 95.3 Å². The fraction of sp³-hybridized carbons (Fsp3) is 0.545. The van der Waals surface area contributed by atoms with E-state index in [9.17, 15) is 4.79 Å². The molecule has 90 valence electrons. The van der Waals surface area contributed by atoms with Gasteiger partial charge in [-0.15, -0.1) is 0 Å². The lowest BCUT2D eigenvalue weighted by molar-refractivity contribution is 0.0588. The van der Waals surface area contributed by atoms with E-state index in [-0.39, 0.29) is 0 Å². The molecule has 5 heteroatoms. The Morgan fingerprint density at radius 3 is 2.50 bits per heavy atom. The minimum atomic E-state index is -0.498. The lowest BCUT2D eigenvalue weighted by Gasteiger charge is -2.23. The summed E-state index contributed by atoms with van der Waals surface area (Å²) in [4.78, 5) is 16.0. The predicted molar refractivity (Wildman–Crippen MR) is 62.0 cm³/mol. The fourth-order valence-electron chi connectivity index (χ4n) is 1.10. The molecule has 0 atom stereocenters. The summed E-state index contributed by atoms with van der Waals surface area (Å²) < 4.78 is 10.2. The van der Waals surface area contributed by atoms with Gasteiger partial charge in [0.25, 0.3) is 0 Å². The number of hydrogen-bond acceptors (Lipinski definition) is 3. The quantitative estimate of drug-likeness (QED) is 0.842. The Hall–Kier alpha value is -1.65. The van der Waals surface area contributed by atoms with E-state index in [1.807, 2.05) is 20.8 Å². The number of rotatable bonds is 2. The summed E-state index contributed by atoms with van der Waals surface area (Å²) in [6.07, 6.45) is 1.27. The first-order valence-electron chi connectivity index (χ1n) is 5.02. The summed E-state index contributed by atoms with van der Waals surface area (Å²) in [6.45, 7) is 5.48. The molecule has 0 bridgehead atoms. The second-order valence-corrected chi connectivity index (χ2v) is 4.46. The van der Waals surface area contributed by atoms with E-state index in [1.54, 1.807) is 26.4 Å². The Morgan fingerprint density at radius 2 is 2.06 bits per heavy atom. The van der Waals surface area contributed by atoms with Crippen LogP contribution in [-0.4, -0.2) is 30.8 Å². The fourth-order valence-corrected chi connectivity index (χ4v) is 1.10. The normalized spacial score (nSPS) is 11.1. The summed E-state index contributed by atoms with van der Waals surface area (Å²) in [5, 5.41) is 0. The van der Waals surface area contributed by atoms with Crippen molar-refractivity contribution in [3.63, 3.8) is 0 Å². The van der Waals surface area contributed by atoms with E-state index >= 15 is 0 Å². The first-order valence-corrected chi connectivity index (χ1v) is 5.02. The second-order valence-electron chi connectivity index (χ2n) is 4.46. The van der Waals surface area contributed by atoms with Gasteiger partial charge in [0.05, 0.1) is 7.11 Å². The largest absolute Gasteiger partial charge is 0.495 e. The number of carbonyl (C=O) groups excluding carboxylic acids is 1. The van der Waals surface area contributed by atoms with Gasteiger partial charge in [-0.1, -0.05) is 0 Å².